The van der Waals surface area contributed by atoms with Crippen molar-refractivity contribution in [1.82, 2.24) is 9.97 Å². The van der Waals surface area contributed by atoms with Gasteiger partial charge in [0.15, 0.2) is 5.95 Å². The van der Waals surface area contributed by atoms with Crippen molar-refractivity contribution in [1.29, 1.82) is 0 Å². The number of nitrogens with zero attached hydrogens (tertiary/aromatic N) is 1. The summed E-state index contributed by atoms with van der Waals surface area (Å²) in [6.45, 7) is 2.02. The number of anilines is 1. The smallest absolute Gasteiger partial charge is 0.197 e. The van der Waals surface area contributed by atoms with Gasteiger partial charge in [-0.05, 0) is 31.7 Å². The van der Waals surface area contributed by atoms with E-state index in [1.54, 1.807) is 0 Å². The molecule has 2 rings (SSSR count). The van der Waals surface area contributed by atoms with Crippen molar-refractivity contribution < 1.29 is 0 Å². The Morgan fingerprint density at radius 3 is 2.56 bits per heavy atom. The third-order valence-electron chi connectivity index (χ3n) is 2.73. The molecule has 0 bridgehead atoms. The molecule has 0 saturated carbocycles. The molecule has 0 amide bonds. The molecule has 1 aromatic carbocycles. The summed E-state index contributed by atoms with van der Waals surface area (Å²) < 4.78 is 0. The molecule has 16 heavy (non-hydrogen) atoms. The molecule has 0 fully saturated rings. The van der Waals surface area contributed by atoms with E-state index in [1.165, 1.54) is 5.56 Å². The minimum absolute atomic E-state index is 0.521. The lowest BCUT2D eigenvalue weighted by molar-refractivity contribution is 0.799. The number of H-pyrrole nitrogens is 1. The van der Waals surface area contributed by atoms with Gasteiger partial charge in [-0.15, -0.1) is 0 Å². The second kappa shape index (κ2) is 4.84. The van der Waals surface area contributed by atoms with Crippen LogP contribution in [0.25, 0.3) is 0 Å². The molecular formula is C13H17N3. The van der Waals surface area contributed by atoms with Crippen molar-refractivity contribution >= 4 is 5.95 Å². The summed E-state index contributed by atoms with van der Waals surface area (Å²) in [5, 5.41) is 0. The number of nitrogen functional groups attached to an aromatic ring is 1. The quantitative estimate of drug-likeness (QED) is 0.823. The summed E-state index contributed by atoms with van der Waals surface area (Å²) >= 11 is 0. The highest BCUT2D eigenvalue weighted by atomic mass is 15.0. The van der Waals surface area contributed by atoms with Crippen LogP contribution in [0.15, 0.2) is 30.3 Å². The topological polar surface area (TPSA) is 54.7 Å². The summed E-state index contributed by atoms with van der Waals surface area (Å²) in [6.07, 6.45) is 3.18. The van der Waals surface area contributed by atoms with Gasteiger partial charge in [0.25, 0.3) is 0 Å². The third kappa shape index (κ3) is 2.63. The van der Waals surface area contributed by atoms with Crippen molar-refractivity contribution in [2.45, 2.75) is 26.2 Å². The molecule has 3 N–H and O–H groups in total. The Balaban J connectivity index is 1.87. The van der Waals surface area contributed by atoms with E-state index in [2.05, 4.69) is 34.2 Å². The summed E-state index contributed by atoms with van der Waals surface area (Å²) in [6, 6.07) is 10.5. The fourth-order valence-corrected chi connectivity index (χ4v) is 1.87. The fraction of sp³-hybridized carbons (Fsp3) is 0.308. The Kier molecular flexibility index (Phi) is 3.25. The molecule has 3 nitrogen and oxygen atoms in total. The second-order valence-electron chi connectivity index (χ2n) is 4.03. The van der Waals surface area contributed by atoms with Crippen molar-refractivity contribution in [3.8, 4) is 0 Å². The maximum absolute atomic E-state index is 5.60. The predicted octanol–water partition coefficient (Wildman–Crippen LogP) is 2.48. The molecular weight excluding hydrogens is 198 g/mol. The van der Waals surface area contributed by atoms with Gasteiger partial charge in [0.1, 0.15) is 0 Å². The molecule has 0 spiro atoms. The summed E-state index contributed by atoms with van der Waals surface area (Å²) in [4.78, 5) is 7.29. The number of aromatic amines is 1. The molecule has 0 aliphatic heterocycles. The van der Waals surface area contributed by atoms with Crippen LogP contribution < -0.4 is 5.73 Å². The van der Waals surface area contributed by atoms with Crippen LogP contribution in [0, 0.1) is 6.92 Å². The van der Waals surface area contributed by atoms with Crippen LogP contribution in [0.5, 0.6) is 0 Å². The zero-order valence-corrected chi connectivity index (χ0v) is 9.53. The lowest BCUT2D eigenvalue weighted by Gasteiger charge is -2.00. The first-order valence-electron chi connectivity index (χ1n) is 5.60. The molecule has 0 saturated heterocycles. The highest BCUT2D eigenvalue weighted by molar-refractivity contribution is 5.25. The standard InChI is InChI=1S/C13H17N3/c1-10-12(16-13(14)15-10)9-5-8-11-6-3-2-4-7-11/h2-4,6-7H,5,8-9H2,1H3,(H3,14,15,16). The molecule has 0 aliphatic carbocycles. The van der Waals surface area contributed by atoms with Gasteiger partial charge in [0.2, 0.25) is 0 Å². The summed E-state index contributed by atoms with van der Waals surface area (Å²) in [5.74, 6) is 0.521. The molecule has 0 aliphatic rings. The van der Waals surface area contributed by atoms with Crippen LogP contribution in [-0.4, -0.2) is 9.97 Å². The highest BCUT2D eigenvalue weighted by Gasteiger charge is 2.03. The number of aryl methyl sites for hydroxylation is 3. The van der Waals surface area contributed by atoms with E-state index < -0.39 is 0 Å². The number of benzene rings is 1. The van der Waals surface area contributed by atoms with Gasteiger partial charge in [-0.1, -0.05) is 30.3 Å². The van der Waals surface area contributed by atoms with Gasteiger partial charge in [0, 0.05) is 5.69 Å². The SMILES string of the molecule is Cc1[nH]c(N)nc1CCCc1ccccc1. The van der Waals surface area contributed by atoms with E-state index in [0.29, 0.717) is 5.95 Å². The highest BCUT2D eigenvalue weighted by Crippen LogP contribution is 2.11. The molecule has 0 radical (unpaired) electrons. The van der Waals surface area contributed by atoms with Crippen LogP contribution in [0.4, 0.5) is 5.95 Å². The Morgan fingerprint density at radius 2 is 1.94 bits per heavy atom. The maximum Gasteiger partial charge on any atom is 0.197 e. The summed E-state index contributed by atoms with van der Waals surface area (Å²) in [7, 11) is 0. The third-order valence-corrected chi connectivity index (χ3v) is 2.73. The van der Waals surface area contributed by atoms with E-state index in [-0.39, 0.29) is 0 Å². The normalized spacial score (nSPS) is 10.6. The first kappa shape index (κ1) is 10.7. The molecule has 1 aromatic heterocycles. The number of aromatic nitrogens is 2. The molecule has 0 atom stereocenters. The Hall–Kier alpha value is -1.77. The molecule has 84 valence electrons. The van der Waals surface area contributed by atoms with Crippen LogP contribution >= 0.6 is 0 Å². The van der Waals surface area contributed by atoms with Gasteiger partial charge in [0.05, 0.1) is 5.69 Å². The minimum atomic E-state index is 0.521. The van der Waals surface area contributed by atoms with Gasteiger partial charge in [-0.25, -0.2) is 4.98 Å². The van der Waals surface area contributed by atoms with Crippen LogP contribution in [0.3, 0.4) is 0 Å². The van der Waals surface area contributed by atoms with E-state index in [9.17, 15) is 0 Å². The zero-order chi connectivity index (χ0) is 11.4. The van der Waals surface area contributed by atoms with Gasteiger partial charge < -0.3 is 10.7 Å². The number of rotatable bonds is 4. The van der Waals surface area contributed by atoms with Gasteiger partial charge in [-0.2, -0.15) is 0 Å². The minimum Gasteiger partial charge on any atom is -0.369 e. The van der Waals surface area contributed by atoms with Crippen molar-refractivity contribution in [3.05, 3.63) is 47.3 Å². The van der Waals surface area contributed by atoms with Crippen LogP contribution in [0.1, 0.15) is 23.4 Å². The number of imidazole rings is 1. The first-order chi connectivity index (χ1) is 7.75. The average Bonchev–Trinajstić information content (AvgIpc) is 2.59. The lowest BCUT2D eigenvalue weighted by Crippen LogP contribution is -1.92. The van der Waals surface area contributed by atoms with Crippen molar-refractivity contribution in [3.63, 3.8) is 0 Å². The molecule has 3 heteroatoms. The van der Waals surface area contributed by atoms with E-state index in [4.69, 9.17) is 5.73 Å². The van der Waals surface area contributed by atoms with E-state index >= 15 is 0 Å². The monoisotopic (exact) mass is 215 g/mol. The first-order valence-corrected chi connectivity index (χ1v) is 5.60. The zero-order valence-electron chi connectivity index (χ0n) is 9.53. The second-order valence-corrected chi connectivity index (χ2v) is 4.03. The Labute approximate surface area is 95.7 Å². The number of nitrogens with two attached hydrogens (primary N) is 1. The van der Waals surface area contributed by atoms with E-state index in [0.717, 1.165) is 30.7 Å². The Morgan fingerprint density at radius 1 is 1.19 bits per heavy atom. The number of hydrogen-bond acceptors (Lipinski definition) is 2. The van der Waals surface area contributed by atoms with Crippen molar-refractivity contribution in [2.24, 2.45) is 0 Å². The predicted molar refractivity (Wildman–Crippen MR) is 66.2 cm³/mol. The summed E-state index contributed by atoms with van der Waals surface area (Å²) in [5.41, 5.74) is 9.15. The van der Waals surface area contributed by atoms with Crippen LogP contribution in [0.2, 0.25) is 0 Å². The fourth-order valence-electron chi connectivity index (χ4n) is 1.87. The number of nitrogens with one attached hydrogen (secondary N) is 1. The van der Waals surface area contributed by atoms with Crippen molar-refractivity contribution in [2.75, 3.05) is 5.73 Å². The molecule has 0 unspecified atom stereocenters. The number of hydrogen-bond donors (Lipinski definition) is 2. The largest absolute Gasteiger partial charge is 0.369 e. The molecule has 1 heterocycles. The van der Waals surface area contributed by atoms with Gasteiger partial charge in [-0.3, -0.25) is 0 Å². The van der Waals surface area contributed by atoms with Gasteiger partial charge >= 0.3 is 0 Å². The van der Waals surface area contributed by atoms with E-state index in [1.807, 2.05) is 13.0 Å². The van der Waals surface area contributed by atoms with Crippen LogP contribution in [-0.2, 0) is 12.8 Å². The lowest BCUT2D eigenvalue weighted by atomic mass is 10.1. The Bertz CT molecular complexity index is 445. The maximum atomic E-state index is 5.60. The molecule has 2 aromatic rings. The average molecular weight is 215 g/mol.